The molecule has 1 fully saturated rings. The summed E-state index contributed by atoms with van der Waals surface area (Å²) in [6.45, 7) is -0.162. The molecule has 23 heavy (non-hydrogen) atoms. The van der Waals surface area contributed by atoms with Crippen LogP contribution in [0.4, 0.5) is 10.5 Å². The van der Waals surface area contributed by atoms with Crippen molar-refractivity contribution in [2.45, 2.75) is 37.9 Å². The minimum absolute atomic E-state index is 0.162. The van der Waals surface area contributed by atoms with Gasteiger partial charge in [0, 0.05) is 24.6 Å². The van der Waals surface area contributed by atoms with Crippen molar-refractivity contribution < 1.29 is 23.8 Å². The zero-order valence-electron chi connectivity index (χ0n) is 13.0. The third-order valence-electron chi connectivity index (χ3n) is 4.01. The first-order valence-corrected chi connectivity index (χ1v) is 7.74. The number of rotatable bonds is 3. The van der Waals surface area contributed by atoms with Crippen molar-refractivity contribution in [3.63, 3.8) is 0 Å². The zero-order chi connectivity index (χ0) is 16.3. The number of fused-ring (bicyclic) bond motifs is 1. The van der Waals surface area contributed by atoms with Crippen LogP contribution in [0.25, 0.3) is 0 Å². The van der Waals surface area contributed by atoms with E-state index in [0.29, 0.717) is 17.2 Å². The Morgan fingerprint density at radius 1 is 1.17 bits per heavy atom. The van der Waals surface area contributed by atoms with Crippen LogP contribution in [0, 0.1) is 0 Å². The predicted octanol–water partition coefficient (Wildman–Crippen LogP) is 2.41. The standard InChI is InChI=1S/C16H20N2O5/c1-21-15(20)17-10-14(19)18-11-5-6-12-13(9-11)23-16(22-12)7-3-2-4-8-16/h5-6,9H,2-4,7-8,10H2,1H3,(H,17,20)(H,18,19). The van der Waals surface area contributed by atoms with Crippen LogP contribution in [0.2, 0.25) is 0 Å². The lowest BCUT2D eigenvalue weighted by Gasteiger charge is -2.31. The number of carbonyl (C=O) groups excluding carboxylic acids is 2. The van der Waals surface area contributed by atoms with E-state index in [9.17, 15) is 9.59 Å². The fourth-order valence-electron chi connectivity index (χ4n) is 2.90. The van der Waals surface area contributed by atoms with Crippen molar-refractivity contribution in [1.82, 2.24) is 5.32 Å². The lowest BCUT2D eigenvalue weighted by atomic mass is 9.94. The number of hydrogen-bond donors (Lipinski definition) is 2. The van der Waals surface area contributed by atoms with Crippen molar-refractivity contribution in [1.29, 1.82) is 0 Å². The monoisotopic (exact) mass is 320 g/mol. The summed E-state index contributed by atoms with van der Waals surface area (Å²) in [6.07, 6.45) is 4.51. The first-order chi connectivity index (χ1) is 11.1. The van der Waals surface area contributed by atoms with Gasteiger partial charge in [0.25, 0.3) is 5.79 Å². The molecule has 0 saturated heterocycles. The molecule has 2 aliphatic rings. The van der Waals surface area contributed by atoms with E-state index in [1.807, 2.05) is 0 Å². The number of methoxy groups -OCH3 is 1. The lowest BCUT2D eigenvalue weighted by Crippen LogP contribution is -2.40. The van der Waals surface area contributed by atoms with Crippen molar-refractivity contribution in [2.24, 2.45) is 0 Å². The molecule has 0 unspecified atom stereocenters. The Kier molecular flexibility index (Phi) is 4.27. The average molecular weight is 320 g/mol. The Bertz CT molecular complexity index is 610. The molecule has 2 amide bonds. The van der Waals surface area contributed by atoms with Gasteiger partial charge in [-0.25, -0.2) is 4.79 Å². The molecule has 2 N–H and O–H groups in total. The van der Waals surface area contributed by atoms with Crippen molar-refractivity contribution in [2.75, 3.05) is 19.0 Å². The molecule has 124 valence electrons. The largest absolute Gasteiger partial charge is 0.453 e. The summed E-state index contributed by atoms with van der Waals surface area (Å²) >= 11 is 0. The molecule has 0 atom stereocenters. The molecule has 1 aliphatic heterocycles. The fourth-order valence-corrected chi connectivity index (χ4v) is 2.90. The van der Waals surface area contributed by atoms with Crippen LogP contribution < -0.4 is 20.1 Å². The number of benzene rings is 1. The quantitative estimate of drug-likeness (QED) is 0.893. The van der Waals surface area contributed by atoms with E-state index in [1.54, 1.807) is 18.2 Å². The molecule has 3 rings (SSSR count). The normalized spacial score (nSPS) is 17.6. The van der Waals surface area contributed by atoms with Gasteiger partial charge in [0.2, 0.25) is 5.91 Å². The van der Waals surface area contributed by atoms with Gasteiger partial charge in [-0.15, -0.1) is 0 Å². The fraction of sp³-hybridized carbons (Fsp3) is 0.500. The number of anilines is 1. The molecule has 1 aromatic rings. The summed E-state index contributed by atoms with van der Waals surface area (Å²) in [5.74, 6) is 0.472. The SMILES string of the molecule is COC(=O)NCC(=O)Nc1ccc2c(c1)OC1(CCCCC1)O2. The van der Waals surface area contributed by atoms with Gasteiger partial charge in [-0.2, -0.15) is 0 Å². The molecule has 1 saturated carbocycles. The van der Waals surface area contributed by atoms with Crippen molar-refractivity contribution in [3.05, 3.63) is 18.2 Å². The number of ether oxygens (including phenoxy) is 3. The maximum absolute atomic E-state index is 11.8. The Hall–Kier alpha value is -2.44. The summed E-state index contributed by atoms with van der Waals surface area (Å²) in [6, 6.07) is 5.29. The molecule has 0 aromatic heterocycles. The van der Waals surface area contributed by atoms with Crippen LogP contribution in [-0.2, 0) is 9.53 Å². The van der Waals surface area contributed by atoms with Crippen LogP contribution in [0.5, 0.6) is 11.5 Å². The maximum atomic E-state index is 11.8. The van der Waals surface area contributed by atoms with Gasteiger partial charge in [-0.05, 0) is 25.0 Å². The molecule has 1 aliphatic carbocycles. The molecule has 1 spiro atoms. The van der Waals surface area contributed by atoms with Gasteiger partial charge >= 0.3 is 6.09 Å². The zero-order valence-corrected chi connectivity index (χ0v) is 13.0. The summed E-state index contributed by atoms with van der Waals surface area (Å²) in [7, 11) is 1.24. The van der Waals surface area contributed by atoms with Crippen molar-refractivity contribution >= 4 is 17.7 Å². The highest BCUT2D eigenvalue weighted by molar-refractivity contribution is 5.94. The molecular weight excluding hydrogens is 300 g/mol. The third kappa shape index (κ3) is 3.49. The molecule has 1 heterocycles. The molecule has 0 radical (unpaired) electrons. The van der Waals surface area contributed by atoms with Crippen LogP contribution in [0.15, 0.2) is 18.2 Å². The van der Waals surface area contributed by atoms with E-state index in [2.05, 4.69) is 15.4 Å². The second kappa shape index (κ2) is 6.36. The van der Waals surface area contributed by atoms with E-state index >= 15 is 0 Å². The predicted molar refractivity (Wildman–Crippen MR) is 82.6 cm³/mol. The second-order valence-corrected chi connectivity index (χ2v) is 5.73. The van der Waals surface area contributed by atoms with Crippen LogP contribution in [-0.4, -0.2) is 31.4 Å². The summed E-state index contributed by atoms with van der Waals surface area (Å²) < 4.78 is 16.4. The van der Waals surface area contributed by atoms with Gasteiger partial charge in [-0.1, -0.05) is 6.42 Å². The molecule has 7 nitrogen and oxygen atoms in total. The summed E-state index contributed by atoms with van der Waals surface area (Å²) in [5, 5.41) is 5.02. The van der Waals surface area contributed by atoms with E-state index in [1.165, 1.54) is 13.5 Å². The Labute approximate surface area is 134 Å². The molecular formula is C16H20N2O5. The van der Waals surface area contributed by atoms with Crippen LogP contribution in [0.3, 0.4) is 0 Å². The van der Waals surface area contributed by atoms with Crippen molar-refractivity contribution in [3.8, 4) is 11.5 Å². The number of carbonyl (C=O) groups is 2. The lowest BCUT2D eigenvalue weighted by molar-refractivity contribution is -0.115. The highest BCUT2D eigenvalue weighted by Crippen LogP contribution is 2.46. The minimum atomic E-state index is -0.648. The van der Waals surface area contributed by atoms with Gasteiger partial charge in [0.15, 0.2) is 11.5 Å². The minimum Gasteiger partial charge on any atom is -0.453 e. The van der Waals surface area contributed by atoms with Gasteiger partial charge in [0.1, 0.15) is 6.54 Å². The Morgan fingerprint density at radius 2 is 1.91 bits per heavy atom. The highest BCUT2D eigenvalue weighted by Gasteiger charge is 2.42. The summed E-state index contributed by atoms with van der Waals surface area (Å²) in [5.41, 5.74) is 0.594. The average Bonchev–Trinajstić information content (AvgIpc) is 2.89. The molecule has 1 aromatic carbocycles. The number of amides is 2. The van der Waals surface area contributed by atoms with Gasteiger partial charge in [-0.3, -0.25) is 4.79 Å². The topological polar surface area (TPSA) is 85.9 Å². The highest BCUT2D eigenvalue weighted by atomic mass is 16.7. The van der Waals surface area contributed by atoms with Gasteiger partial charge in [0.05, 0.1) is 7.11 Å². The maximum Gasteiger partial charge on any atom is 0.407 e. The van der Waals surface area contributed by atoms with Crippen LogP contribution in [0.1, 0.15) is 32.1 Å². The third-order valence-corrected chi connectivity index (χ3v) is 4.01. The smallest absolute Gasteiger partial charge is 0.407 e. The number of nitrogens with one attached hydrogen (secondary N) is 2. The van der Waals surface area contributed by atoms with E-state index < -0.39 is 11.9 Å². The molecule has 0 bridgehead atoms. The first kappa shape index (κ1) is 15.5. The number of alkyl carbamates (subject to hydrolysis) is 1. The molecule has 7 heteroatoms. The second-order valence-electron chi connectivity index (χ2n) is 5.73. The Morgan fingerprint density at radius 3 is 2.65 bits per heavy atom. The Balaban J connectivity index is 1.61. The first-order valence-electron chi connectivity index (χ1n) is 7.74. The van der Waals surface area contributed by atoms with E-state index in [4.69, 9.17) is 9.47 Å². The van der Waals surface area contributed by atoms with E-state index in [0.717, 1.165) is 25.7 Å². The van der Waals surface area contributed by atoms with Gasteiger partial charge < -0.3 is 24.8 Å². The van der Waals surface area contributed by atoms with Crippen LogP contribution >= 0.6 is 0 Å². The van der Waals surface area contributed by atoms with E-state index in [-0.39, 0.29) is 12.5 Å². The summed E-state index contributed by atoms with van der Waals surface area (Å²) in [4.78, 5) is 22.7. The number of hydrogen-bond acceptors (Lipinski definition) is 5.